The van der Waals surface area contributed by atoms with E-state index in [1.807, 2.05) is 0 Å². The molecule has 0 amide bonds. The molecule has 0 aliphatic heterocycles. The highest BCUT2D eigenvalue weighted by Crippen LogP contribution is 2.44. The maximum atomic E-state index is 9.13. The summed E-state index contributed by atoms with van der Waals surface area (Å²) in [6, 6.07) is 9.00. The highest BCUT2D eigenvalue weighted by Gasteiger charge is 2.33. The minimum absolute atomic E-state index is 0.0125. The van der Waals surface area contributed by atoms with Gasteiger partial charge in [-0.1, -0.05) is 44.5 Å². The van der Waals surface area contributed by atoms with Crippen molar-refractivity contribution in [3.8, 4) is 11.5 Å². The van der Waals surface area contributed by atoms with Gasteiger partial charge in [0.15, 0.2) is 0 Å². The molecule has 4 nitrogen and oxygen atoms in total. The molecule has 0 bridgehead atoms. The molecule has 0 aliphatic carbocycles. The van der Waals surface area contributed by atoms with Crippen LogP contribution < -0.4 is 9.47 Å². The molecule has 0 unspecified atom stereocenters. The van der Waals surface area contributed by atoms with Crippen LogP contribution in [0.1, 0.15) is 66.5 Å². The lowest BCUT2D eigenvalue weighted by molar-refractivity contribution is 0.199. The van der Waals surface area contributed by atoms with Gasteiger partial charge in [-0.3, -0.25) is 0 Å². The van der Waals surface area contributed by atoms with E-state index in [2.05, 4.69) is 65.8 Å². The van der Waals surface area contributed by atoms with Crippen molar-refractivity contribution in [2.75, 3.05) is 26.4 Å². The first-order valence-electron chi connectivity index (χ1n) is 11.0. The molecule has 0 heterocycles. The first kappa shape index (κ1) is 24.2. The standard InChI is InChI=1S/C26H38O4/c1-7-9-26(8-2,22-14-18(3)24(19(4)15-22)29-12-10-27)23-16-20(5)25(21(6)17-23)30-13-11-28/h14-17,27-28H,7-13H2,1-6H3. The number of rotatable bonds is 11. The maximum Gasteiger partial charge on any atom is 0.125 e. The Bertz CT molecular complexity index is 731. The zero-order valence-electron chi connectivity index (χ0n) is 19.5. The van der Waals surface area contributed by atoms with E-state index in [4.69, 9.17) is 19.7 Å². The Morgan fingerprint density at radius 1 is 0.700 bits per heavy atom. The van der Waals surface area contributed by atoms with Gasteiger partial charge in [0, 0.05) is 5.41 Å². The predicted molar refractivity (Wildman–Crippen MR) is 123 cm³/mol. The molecule has 0 radical (unpaired) electrons. The third kappa shape index (κ3) is 4.98. The summed E-state index contributed by atoms with van der Waals surface area (Å²) in [7, 11) is 0. The number of benzene rings is 2. The van der Waals surface area contributed by atoms with Crippen molar-refractivity contribution in [1.29, 1.82) is 0 Å². The minimum atomic E-state index is -0.0925. The Kier molecular flexibility index (Phi) is 8.75. The second-order valence-electron chi connectivity index (χ2n) is 8.21. The van der Waals surface area contributed by atoms with Gasteiger partial charge in [0.05, 0.1) is 13.2 Å². The van der Waals surface area contributed by atoms with Crippen LogP contribution in [0.3, 0.4) is 0 Å². The summed E-state index contributed by atoms with van der Waals surface area (Å²) in [5, 5.41) is 18.3. The summed E-state index contributed by atoms with van der Waals surface area (Å²) in [5.74, 6) is 1.74. The van der Waals surface area contributed by atoms with Crippen molar-refractivity contribution in [1.82, 2.24) is 0 Å². The SMILES string of the molecule is CCCC(CC)(c1cc(C)c(OCCO)c(C)c1)c1cc(C)c(OCCO)c(C)c1. The van der Waals surface area contributed by atoms with Gasteiger partial charge in [0.2, 0.25) is 0 Å². The van der Waals surface area contributed by atoms with Crippen LogP contribution in [0, 0.1) is 27.7 Å². The van der Waals surface area contributed by atoms with Gasteiger partial charge in [0.25, 0.3) is 0 Å². The Morgan fingerprint density at radius 3 is 1.33 bits per heavy atom. The summed E-state index contributed by atoms with van der Waals surface area (Å²) >= 11 is 0. The van der Waals surface area contributed by atoms with Crippen LogP contribution in [0.15, 0.2) is 24.3 Å². The molecule has 0 aliphatic rings. The molecule has 2 N–H and O–H groups in total. The lowest BCUT2D eigenvalue weighted by Crippen LogP contribution is -2.28. The average Bonchev–Trinajstić information content (AvgIpc) is 2.70. The van der Waals surface area contributed by atoms with Gasteiger partial charge in [0.1, 0.15) is 24.7 Å². The molecule has 0 saturated carbocycles. The van der Waals surface area contributed by atoms with Crippen LogP contribution in [-0.2, 0) is 5.41 Å². The van der Waals surface area contributed by atoms with Crippen LogP contribution in [-0.4, -0.2) is 36.6 Å². The van der Waals surface area contributed by atoms with Gasteiger partial charge in [-0.15, -0.1) is 0 Å². The molecule has 0 atom stereocenters. The Hall–Kier alpha value is -2.04. The van der Waals surface area contributed by atoms with Gasteiger partial charge in [-0.2, -0.15) is 0 Å². The minimum Gasteiger partial charge on any atom is -0.491 e. The molecule has 0 aromatic heterocycles. The summed E-state index contributed by atoms with van der Waals surface area (Å²) in [5.41, 5.74) is 6.92. The van der Waals surface area contributed by atoms with Gasteiger partial charge < -0.3 is 19.7 Å². The van der Waals surface area contributed by atoms with Crippen molar-refractivity contribution in [2.45, 2.75) is 66.2 Å². The zero-order valence-corrected chi connectivity index (χ0v) is 19.5. The molecule has 4 heteroatoms. The molecular weight excluding hydrogens is 376 g/mol. The quantitative estimate of drug-likeness (QED) is 0.533. The van der Waals surface area contributed by atoms with E-state index in [-0.39, 0.29) is 18.6 Å². The van der Waals surface area contributed by atoms with E-state index < -0.39 is 0 Å². The highest BCUT2D eigenvalue weighted by atomic mass is 16.5. The maximum absolute atomic E-state index is 9.13. The van der Waals surface area contributed by atoms with Crippen molar-refractivity contribution in [3.05, 3.63) is 57.6 Å². The Balaban J connectivity index is 2.61. The van der Waals surface area contributed by atoms with Crippen LogP contribution in [0.4, 0.5) is 0 Å². The summed E-state index contributed by atoms with van der Waals surface area (Å²) in [6.45, 7) is 13.5. The van der Waals surface area contributed by atoms with Gasteiger partial charge in [-0.25, -0.2) is 0 Å². The van der Waals surface area contributed by atoms with Crippen molar-refractivity contribution in [3.63, 3.8) is 0 Å². The molecule has 166 valence electrons. The fourth-order valence-electron chi connectivity index (χ4n) is 4.67. The smallest absolute Gasteiger partial charge is 0.125 e. The normalized spacial score (nSPS) is 11.6. The molecule has 2 aromatic carbocycles. The lowest BCUT2D eigenvalue weighted by Gasteiger charge is -2.36. The molecule has 30 heavy (non-hydrogen) atoms. The van der Waals surface area contributed by atoms with E-state index >= 15 is 0 Å². The number of hydrogen-bond acceptors (Lipinski definition) is 4. The number of aliphatic hydroxyl groups excluding tert-OH is 2. The van der Waals surface area contributed by atoms with Crippen molar-refractivity contribution in [2.24, 2.45) is 0 Å². The van der Waals surface area contributed by atoms with Crippen molar-refractivity contribution < 1.29 is 19.7 Å². The van der Waals surface area contributed by atoms with Crippen LogP contribution in [0.2, 0.25) is 0 Å². The average molecular weight is 415 g/mol. The summed E-state index contributed by atoms with van der Waals surface area (Å²) in [4.78, 5) is 0. The van der Waals surface area contributed by atoms with Crippen LogP contribution >= 0.6 is 0 Å². The number of aliphatic hydroxyl groups is 2. The third-order valence-corrected chi connectivity index (χ3v) is 5.98. The lowest BCUT2D eigenvalue weighted by atomic mass is 9.68. The summed E-state index contributed by atoms with van der Waals surface area (Å²) < 4.78 is 11.6. The number of hydrogen-bond donors (Lipinski definition) is 2. The van der Waals surface area contributed by atoms with E-state index in [1.165, 1.54) is 11.1 Å². The fourth-order valence-corrected chi connectivity index (χ4v) is 4.67. The largest absolute Gasteiger partial charge is 0.491 e. The second kappa shape index (κ2) is 10.8. The molecule has 2 rings (SSSR count). The van der Waals surface area contributed by atoms with Crippen LogP contribution in [0.25, 0.3) is 0 Å². The Labute approximate surface area is 181 Å². The zero-order chi connectivity index (χ0) is 22.3. The molecule has 2 aromatic rings. The fraction of sp³-hybridized carbons (Fsp3) is 0.538. The first-order chi connectivity index (χ1) is 14.3. The molecule has 0 fully saturated rings. The third-order valence-electron chi connectivity index (χ3n) is 5.98. The van der Waals surface area contributed by atoms with E-state index in [9.17, 15) is 0 Å². The molecule has 0 saturated heterocycles. The monoisotopic (exact) mass is 414 g/mol. The predicted octanol–water partition coefficient (Wildman–Crippen LogP) is 5.16. The van der Waals surface area contributed by atoms with E-state index in [1.54, 1.807) is 0 Å². The molecular formula is C26H38O4. The van der Waals surface area contributed by atoms with Crippen molar-refractivity contribution >= 4 is 0 Å². The first-order valence-corrected chi connectivity index (χ1v) is 11.0. The summed E-state index contributed by atoms with van der Waals surface area (Å²) in [6.07, 6.45) is 3.12. The van der Waals surface area contributed by atoms with Gasteiger partial charge >= 0.3 is 0 Å². The second-order valence-corrected chi connectivity index (χ2v) is 8.21. The Morgan fingerprint density at radius 2 is 1.07 bits per heavy atom. The van der Waals surface area contributed by atoms with E-state index in [0.717, 1.165) is 53.0 Å². The number of aryl methyl sites for hydroxylation is 4. The number of ether oxygens (including phenoxy) is 2. The topological polar surface area (TPSA) is 58.9 Å². The molecule has 0 spiro atoms. The highest BCUT2D eigenvalue weighted by molar-refractivity contribution is 5.52. The van der Waals surface area contributed by atoms with E-state index in [0.29, 0.717) is 13.2 Å². The van der Waals surface area contributed by atoms with Crippen LogP contribution in [0.5, 0.6) is 11.5 Å². The van der Waals surface area contributed by atoms with Gasteiger partial charge in [-0.05, 0) is 73.9 Å².